The number of carbonyl (C=O) groups excluding carboxylic acids is 1. The summed E-state index contributed by atoms with van der Waals surface area (Å²) < 4.78 is 0. The summed E-state index contributed by atoms with van der Waals surface area (Å²) in [6.07, 6.45) is 1.54. The monoisotopic (exact) mass is 385 g/mol. The van der Waals surface area contributed by atoms with Crippen LogP contribution in [0.1, 0.15) is 36.6 Å². The summed E-state index contributed by atoms with van der Waals surface area (Å²) in [7, 11) is 0. The summed E-state index contributed by atoms with van der Waals surface area (Å²) in [4.78, 5) is 16.1. The van der Waals surface area contributed by atoms with Crippen molar-refractivity contribution in [2.45, 2.75) is 42.1 Å². The van der Waals surface area contributed by atoms with E-state index in [1.165, 1.54) is 10.5 Å². The Morgan fingerprint density at radius 3 is 2.54 bits per heavy atom. The normalized spacial score (nSPS) is 18.0. The number of thioether (sulfide) groups is 2. The first kappa shape index (κ1) is 19.4. The Morgan fingerprint density at radius 2 is 1.85 bits per heavy atom. The second kappa shape index (κ2) is 9.52. The lowest BCUT2D eigenvalue weighted by atomic mass is 10.1. The van der Waals surface area contributed by atoms with Gasteiger partial charge in [-0.2, -0.15) is 11.8 Å². The second-order valence-corrected chi connectivity index (χ2v) is 9.89. The minimum atomic E-state index is 0.253. The average molecular weight is 386 g/mol. The smallest absolute Gasteiger partial charge is 0.227 e. The number of amides is 1. The van der Waals surface area contributed by atoms with Crippen molar-refractivity contribution < 1.29 is 4.79 Å². The van der Waals surface area contributed by atoms with E-state index < -0.39 is 0 Å². The molecule has 1 saturated heterocycles. The summed E-state index contributed by atoms with van der Waals surface area (Å²) in [5, 5.41) is 1.08. The maximum atomic E-state index is 12.7. The zero-order valence-electron chi connectivity index (χ0n) is 15.6. The van der Waals surface area contributed by atoms with E-state index >= 15 is 0 Å². The Labute approximate surface area is 165 Å². The number of hydrogen-bond donors (Lipinski definition) is 0. The van der Waals surface area contributed by atoms with Crippen LogP contribution < -0.4 is 0 Å². The zero-order valence-corrected chi connectivity index (χ0v) is 17.2. The Morgan fingerprint density at radius 1 is 1.12 bits per heavy atom. The van der Waals surface area contributed by atoms with Crippen LogP contribution in [0.4, 0.5) is 0 Å². The van der Waals surface area contributed by atoms with Gasteiger partial charge in [0.25, 0.3) is 0 Å². The zero-order chi connectivity index (χ0) is 18.4. The van der Waals surface area contributed by atoms with Crippen molar-refractivity contribution in [3.05, 3.63) is 65.7 Å². The van der Waals surface area contributed by atoms with Gasteiger partial charge in [0, 0.05) is 34.2 Å². The predicted octanol–water partition coefficient (Wildman–Crippen LogP) is 5.44. The molecule has 0 aromatic heterocycles. The van der Waals surface area contributed by atoms with E-state index in [1.54, 1.807) is 0 Å². The molecule has 1 fully saturated rings. The summed E-state index contributed by atoms with van der Waals surface area (Å²) in [6.45, 7) is 6.10. The second-order valence-electron chi connectivity index (χ2n) is 6.93. The maximum absolute atomic E-state index is 12.7. The lowest BCUT2D eigenvalue weighted by Crippen LogP contribution is -2.34. The van der Waals surface area contributed by atoms with Gasteiger partial charge in [0.2, 0.25) is 5.91 Å². The van der Waals surface area contributed by atoms with Gasteiger partial charge in [-0.15, -0.1) is 11.8 Å². The van der Waals surface area contributed by atoms with E-state index in [0.717, 1.165) is 30.8 Å². The number of carbonyl (C=O) groups is 1. The Bertz CT molecular complexity index is 700. The van der Waals surface area contributed by atoms with Gasteiger partial charge in [-0.05, 0) is 29.7 Å². The van der Waals surface area contributed by atoms with Crippen molar-refractivity contribution in [3.63, 3.8) is 0 Å². The van der Waals surface area contributed by atoms with Crippen LogP contribution in [0.3, 0.4) is 0 Å². The van der Waals surface area contributed by atoms with Crippen molar-refractivity contribution >= 4 is 29.4 Å². The van der Waals surface area contributed by atoms with Gasteiger partial charge in [0.15, 0.2) is 0 Å². The number of hydrogen-bond acceptors (Lipinski definition) is 3. The third-order valence-electron chi connectivity index (χ3n) is 4.52. The molecular weight excluding hydrogens is 358 g/mol. The lowest BCUT2D eigenvalue weighted by molar-refractivity contribution is -0.130. The summed E-state index contributed by atoms with van der Waals surface area (Å²) in [5.74, 6) is 1.26. The minimum Gasteiger partial charge on any atom is -0.342 e. The first-order valence-electron chi connectivity index (χ1n) is 9.32. The first-order chi connectivity index (χ1) is 12.6. The lowest BCUT2D eigenvalue weighted by Gasteiger charge is -2.20. The van der Waals surface area contributed by atoms with E-state index in [-0.39, 0.29) is 5.91 Å². The van der Waals surface area contributed by atoms with Crippen molar-refractivity contribution in [1.82, 2.24) is 4.90 Å². The van der Waals surface area contributed by atoms with Crippen molar-refractivity contribution in [3.8, 4) is 0 Å². The molecule has 0 radical (unpaired) electrons. The highest BCUT2D eigenvalue weighted by Gasteiger charge is 2.22. The molecular formula is C22H27NOS2. The molecule has 0 bridgehead atoms. The van der Waals surface area contributed by atoms with Gasteiger partial charge in [-0.1, -0.05) is 56.3 Å². The third-order valence-corrected chi connectivity index (χ3v) is 6.86. The standard InChI is InChI=1S/C22H27NOS2/c1-17(2)26-20-10-8-18(9-11-20)16-22(24)23-13-12-21(25-15-14-23)19-6-4-3-5-7-19/h3-11,17,21H,12-16H2,1-2H3. The summed E-state index contributed by atoms with van der Waals surface area (Å²) in [6, 6.07) is 19.1. The fraction of sp³-hybridized carbons (Fsp3) is 0.409. The van der Waals surface area contributed by atoms with E-state index in [1.807, 2.05) is 28.4 Å². The van der Waals surface area contributed by atoms with Crippen LogP contribution in [0, 0.1) is 0 Å². The fourth-order valence-corrected chi connectivity index (χ4v) is 5.27. The van der Waals surface area contributed by atoms with Crippen molar-refractivity contribution in [2.24, 2.45) is 0 Å². The molecule has 138 valence electrons. The highest BCUT2D eigenvalue weighted by molar-refractivity contribution is 8.00. The van der Waals surface area contributed by atoms with Gasteiger partial charge in [0.1, 0.15) is 0 Å². The summed E-state index contributed by atoms with van der Waals surface area (Å²) in [5.41, 5.74) is 2.49. The first-order valence-corrected chi connectivity index (χ1v) is 11.2. The highest BCUT2D eigenvalue weighted by atomic mass is 32.2. The van der Waals surface area contributed by atoms with Crippen LogP contribution in [0.15, 0.2) is 59.5 Å². The molecule has 1 heterocycles. The van der Waals surface area contributed by atoms with E-state index in [9.17, 15) is 4.79 Å². The SMILES string of the molecule is CC(C)Sc1ccc(CC(=O)N2CCSC(c3ccccc3)CC2)cc1. The fourth-order valence-electron chi connectivity index (χ4n) is 3.20. The van der Waals surface area contributed by atoms with Crippen LogP contribution in [-0.2, 0) is 11.2 Å². The molecule has 0 N–H and O–H groups in total. The molecule has 2 aromatic carbocycles. The average Bonchev–Trinajstić information content (AvgIpc) is 2.90. The molecule has 0 saturated carbocycles. The molecule has 1 unspecified atom stereocenters. The summed E-state index contributed by atoms with van der Waals surface area (Å²) >= 11 is 3.83. The Kier molecular flexibility index (Phi) is 7.09. The molecule has 3 rings (SSSR count). The topological polar surface area (TPSA) is 20.3 Å². The molecule has 2 aromatic rings. The van der Waals surface area contributed by atoms with Crippen LogP contribution in [-0.4, -0.2) is 34.9 Å². The molecule has 26 heavy (non-hydrogen) atoms. The number of rotatable bonds is 5. The van der Waals surface area contributed by atoms with Gasteiger partial charge in [-0.25, -0.2) is 0 Å². The van der Waals surface area contributed by atoms with Gasteiger partial charge < -0.3 is 4.90 Å². The van der Waals surface area contributed by atoms with Crippen LogP contribution in [0.5, 0.6) is 0 Å². The van der Waals surface area contributed by atoms with Crippen LogP contribution in [0.2, 0.25) is 0 Å². The van der Waals surface area contributed by atoms with Gasteiger partial charge in [-0.3, -0.25) is 4.79 Å². The maximum Gasteiger partial charge on any atom is 0.227 e. The third kappa shape index (κ3) is 5.55. The number of nitrogens with zero attached hydrogens (tertiary/aromatic N) is 1. The molecule has 0 spiro atoms. The largest absolute Gasteiger partial charge is 0.342 e. The molecule has 1 aliphatic heterocycles. The highest BCUT2D eigenvalue weighted by Crippen LogP contribution is 2.34. The molecule has 2 nitrogen and oxygen atoms in total. The number of benzene rings is 2. The molecule has 1 atom stereocenters. The van der Waals surface area contributed by atoms with Crippen molar-refractivity contribution in [2.75, 3.05) is 18.8 Å². The van der Waals surface area contributed by atoms with Crippen molar-refractivity contribution in [1.29, 1.82) is 0 Å². The van der Waals surface area contributed by atoms with Gasteiger partial charge >= 0.3 is 0 Å². The van der Waals surface area contributed by atoms with Gasteiger partial charge in [0.05, 0.1) is 6.42 Å². The molecule has 1 aliphatic rings. The van der Waals surface area contributed by atoms with Crippen LogP contribution in [0.25, 0.3) is 0 Å². The molecule has 1 amide bonds. The Hall–Kier alpha value is -1.39. The van der Waals surface area contributed by atoms with E-state index in [4.69, 9.17) is 0 Å². The molecule has 0 aliphatic carbocycles. The van der Waals surface area contributed by atoms with Crippen LogP contribution >= 0.6 is 23.5 Å². The minimum absolute atomic E-state index is 0.253. The quantitative estimate of drug-likeness (QED) is 0.640. The molecule has 4 heteroatoms. The van der Waals surface area contributed by atoms with E-state index in [0.29, 0.717) is 16.9 Å². The van der Waals surface area contributed by atoms with E-state index in [2.05, 4.69) is 68.4 Å². The predicted molar refractivity (Wildman–Crippen MR) is 114 cm³/mol. The Balaban J connectivity index is 1.55.